The van der Waals surface area contributed by atoms with Gasteiger partial charge in [0.15, 0.2) is 5.84 Å². The highest BCUT2D eigenvalue weighted by Gasteiger charge is 2.23. The maximum atomic E-state index is 12.0. The number of halogens is 1. The second-order valence-corrected chi connectivity index (χ2v) is 6.23. The highest BCUT2D eigenvalue weighted by Crippen LogP contribution is 2.27. The molecule has 5 nitrogen and oxygen atoms in total. The maximum absolute atomic E-state index is 12.0. The van der Waals surface area contributed by atoms with Crippen LogP contribution in [0.5, 0.6) is 0 Å². The molecule has 1 aromatic carbocycles. The molecule has 0 radical (unpaired) electrons. The number of thioether (sulfide) groups is 1. The third-order valence-corrected chi connectivity index (χ3v) is 4.75. The van der Waals surface area contributed by atoms with Gasteiger partial charge in [-0.05, 0) is 46.3 Å². The van der Waals surface area contributed by atoms with Gasteiger partial charge in [-0.25, -0.2) is 0 Å². The lowest BCUT2D eigenvalue weighted by molar-refractivity contribution is -0.119. The molecule has 0 bridgehead atoms. The molecule has 1 saturated heterocycles. The van der Waals surface area contributed by atoms with Crippen molar-refractivity contribution in [2.24, 2.45) is 16.8 Å². The summed E-state index contributed by atoms with van der Waals surface area (Å²) in [4.78, 5) is 12.0. The van der Waals surface area contributed by atoms with E-state index in [1.165, 1.54) is 0 Å². The predicted octanol–water partition coefficient (Wildman–Crippen LogP) is 2.24. The van der Waals surface area contributed by atoms with Crippen molar-refractivity contribution in [3.8, 4) is 0 Å². The normalized spacial score (nSPS) is 19.4. The molecule has 2 rings (SSSR count). The van der Waals surface area contributed by atoms with E-state index >= 15 is 0 Å². The fraction of sp³-hybridized carbons (Fsp3) is 0.333. The van der Waals surface area contributed by atoms with Crippen LogP contribution in [0.25, 0.3) is 0 Å². The van der Waals surface area contributed by atoms with Crippen LogP contribution in [0, 0.1) is 5.92 Å². The van der Waals surface area contributed by atoms with Crippen LogP contribution in [-0.2, 0) is 4.79 Å². The Morgan fingerprint density at radius 1 is 1.58 bits per heavy atom. The number of benzene rings is 1. The van der Waals surface area contributed by atoms with Gasteiger partial charge in [0, 0.05) is 21.7 Å². The van der Waals surface area contributed by atoms with Crippen LogP contribution in [0.2, 0.25) is 0 Å². The number of nitrogens with zero attached hydrogens (tertiary/aromatic N) is 1. The van der Waals surface area contributed by atoms with E-state index in [0.29, 0.717) is 15.7 Å². The van der Waals surface area contributed by atoms with Crippen LogP contribution in [0.15, 0.2) is 27.8 Å². The van der Waals surface area contributed by atoms with Crippen molar-refractivity contribution >= 4 is 45.1 Å². The van der Waals surface area contributed by atoms with E-state index in [9.17, 15) is 4.79 Å². The van der Waals surface area contributed by atoms with Crippen molar-refractivity contribution < 1.29 is 10.0 Å². The zero-order valence-electron chi connectivity index (χ0n) is 10.1. The number of carbonyl (C=O) groups excluding carboxylic acids is 1. The summed E-state index contributed by atoms with van der Waals surface area (Å²) in [5.74, 6) is 2.08. The zero-order valence-corrected chi connectivity index (χ0v) is 12.5. The van der Waals surface area contributed by atoms with Gasteiger partial charge in [0.2, 0.25) is 5.91 Å². The Kier molecular flexibility index (Phi) is 4.71. The van der Waals surface area contributed by atoms with Gasteiger partial charge in [-0.1, -0.05) is 5.16 Å². The molecule has 4 N–H and O–H groups in total. The van der Waals surface area contributed by atoms with E-state index in [1.807, 2.05) is 0 Å². The minimum Gasteiger partial charge on any atom is -0.409 e. The maximum Gasteiger partial charge on any atom is 0.228 e. The largest absolute Gasteiger partial charge is 0.409 e. The second kappa shape index (κ2) is 6.29. The summed E-state index contributed by atoms with van der Waals surface area (Å²) in [6.07, 6.45) is 0.927. The molecule has 1 fully saturated rings. The van der Waals surface area contributed by atoms with Crippen LogP contribution in [-0.4, -0.2) is 28.5 Å². The number of oxime groups is 1. The number of amides is 1. The average molecular weight is 344 g/mol. The number of amidine groups is 1. The number of hydrogen-bond acceptors (Lipinski definition) is 4. The molecule has 102 valence electrons. The van der Waals surface area contributed by atoms with Crippen LogP contribution in [0.3, 0.4) is 0 Å². The summed E-state index contributed by atoms with van der Waals surface area (Å²) in [6, 6.07) is 5.13. The lowest BCUT2D eigenvalue weighted by atomic mass is 10.1. The second-order valence-electron chi connectivity index (χ2n) is 4.23. The third-order valence-electron chi connectivity index (χ3n) is 2.93. The van der Waals surface area contributed by atoms with Gasteiger partial charge in [0.25, 0.3) is 0 Å². The van der Waals surface area contributed by atoms with Crippen LogP contribution < -0.4 is 11.1 Å². The highest BCUT2D eigenvalue weighted by molar-refractivity contribution is 9.10. The van der Waals surface area contributed by atoms with E-state index in [-0.39, 0.29) is 17.7 Å². The Morgan fingerprint density at radius 3 is 2.95 bits per heavy atom. The van der Waals surface area contributed by atoms with E-state index in [1.54, 1.807) is 30.0 Å². The molecule has 0 aliphatic carbocycles. The van der Waals surface area contributed by atoms with Crippen molar-refractivity contribution in [3.63, 3.8) is 0 Å². The number of anilines is 1. The molecule has 1 aliphatic heterocycles. The molecule has 1 unspecified atom stereocenters. The Hall–Kier alpha value is -1.21. The molecule has 1 aromatic rings. The Balaban J connectivity index is 2.10. The van der Waals surface area contributed by atoms with Crippen LogP contribution >= 0.6 is 27.7 Å². The van der Waals surface area contributed by atoms with Crippen LogP contribution in [0.1, 0.15) is 12.0 Å². The van der Waals surface area contributed by atoms with Gasteiger partial charge in [-0.2, -0.15) is 11.8 Å². The molecule has 1 atom stereocenters. The van der Waals surface area contributed by atoms with E-state index in [0.717, 1.165) is 17.9 Å². The van der Waals surface area contributed by atoms with Crippen molar-refractivity contribution in [3.05, 3.63) is 28.2 Å². The van der Waals surface area contributed by atoms with Gasteiger partial charge in [0.05, 0.1) is 5.69 Å². The lowest BCUT2D eigenvalue weighted by Gasteiger charge is -2.12. The first-order valence-corrected chi connectivity index (χ1v) is 7.72. The molecule has 0 spiro atoms. The summed E-state index contributed by atoms with van der Waals surface area (Å²) in [5, 5.41) is 14.4. The zero-order chi connectivity index (χ0) is 13.8. The topological polar surface area (TPSA) is 87.7 Å². The van der Waals surface area contributed by atoms with E-state index < -0.39 is 0 Å². The Labute approximate surface area is 123 Å². The fourth-order valence-corrected chi connectivity index (χ4v) is 3.51. The predicted molar refractivity (Wildman–Crippen MR) is 80.7 cm³/mol. The lowest BCUT2D eigenvalue weighted by Crippen LogP contribution is -2.22. The molecule has 1 amide bonds. The first kappa shape index (κ1) is 14.2. The van der Waals surface area contributed by atoms with Gasteiger partial charge in [-0.3, -0.25) is 4.79 Å². The molecule has 1 heterocycles. The Bertz CT molecular complexity index is 516. The average Bonchev–Trinajstić information content (AvgIpc) is 2.94. The first-order chi connectivity index (χ1) is 9.11. The van der Waals surface area contributed by atoms with Crippen molar-refractivity contribution in [1.29, 1.82) is 0 Å². The van der Waals surface area contributed by atoms with E-state index in [4.69, 9.17) is 10.9 Å². The monoisotopic (exact) mass is 343 g/mol. The third kappa shape index (κ3) is 3.42. The number of nitrogens with one attached hydrogen (secondary N) is 1. The molecular formula is C12H14BrN3O2S. The Morgan fingerprint density at radius 2 is 2.37 bits per heavy atom. The summed E-state index contributed by atoms with van der Waals surface area (Å²) < 4.78 is 0.704. The molecular weight excluding hydrogens is 330 g/mol. The highest BCUT2D eigenvalue weighted by atomic mass is 79.9. The van der Waals surface area contributed by atoms with Crippen molar-refractivity contribution in [2.45, 2.75) is 6.42 Å². The number of hydrogen-bond donors (Lipinski definition) is 3. The number of nitrogens with two attached hydrogens (primary N) is 1. The molecule has 7 heteroatoms. The minimum absolute atomic E-state index is 0.0331. The van der Waals surface area contributed by atoms with Crippen LogP contribution in [0.4, 0.5) is 5.69 Å². The summed E-state index contributed by atoms with van der Waals surface area (Å²) in [7, 11) is 0. The molecule has 0 aromatic heterocycles. The quantitative estimate of drug-likeness (QED) is 0.340. The first-order valence-electron chi connectivity index (χ1n) is 5.78. The fourth-order valence-electron chi connectivity index (χ4n) is 1.81. The van der Waals surface area contributed by atoms with Gasteiger partial charge >= 0.3 is 0 Å². The van der Waals surface area contributed by atoms with Crippen molar-refractivity contribution in [1.82, 2.24) is 0 Å². The number of rotatable bonds is 3. The van der Waals surface area contributed by atoms with Gasteiger partial charge in [0.1, 0.15) is 0 Å². The standard InChI is InChI=1S/C12H14BrN3O2S/c13-9-5-7(11(14)16-18)1-2-10(9)15-12(17)8-3-4-19-6-8/h1-2,5,8,18H,3-4,6H2,(H2,14,16)(H,15,17). The SMILES string of the molecule is N/C(=N/O)c1ccc(NC(=O)C2CCSC2)c(Br)c1. The summed E-state index contributed by atoms with van der Waals surface area (Å²) >= 11 is 5.17. The van der Waals surface area contributed by atoms with Gasteiger partial charge in [-0.15, -0.1) is 0 Å². The minimum atomic E-state index is 0.0331. The van der Waals surface area contributed by atoms with Gasteiger partial charge < -0.3 is 16.3 Å². The van der Waals surface area contributed by atoms with Crippen molar-refractivity contribution in [2.75, 3.05) is 16.8 Å². The number of carbonyl (C=O) groups is 1. The molecule has 1 aliphatic rings. The molecule has 19 heavy (non-hydrogen) atoms. The summed E-state index contributed by atoms with van der Waals surface area (Å²) in [6.45, 7) is 0. The van der Waals surface area contributed by atoms with E-state index in [2.05, 4.69) is 26.4 Å². The summed E-state index contributed by atoms with van der Waals surface area (Å²) in [5.41, 5.74) is 6.78. The smallest absolute Gasteiger partial charge is 0.228 e. The molecule has 0 saturated carbocycles.